The summed E-state index contributed by atoms with van der Waals surface area (Å²) in [6, 6.07) is 25.6. The average Bonchev–Trinajstić information content (AvgIpc) is 2.95. The van der Waals surface area contributed by atoms with E-state index in [0.717, 1.165) is 17.5 Å². The number of carbonyl (C=O) groups is 1. The number of halogens is 1. The van der Waals surface area contributed by atoms with Gasteiger partial charge in [0.2, 0.25) is 5.91 Å². The van der Waals surface area contributed by atoms with Gasteiger partial charge >= 0.3 is 0 Å². The van der Waals surface area contributed by atoms with E-state index in [1.54, 1.807) is 48.1 Å². The summed E-state index contributed by atoms with van der Waals surface area (Å²) < 4.78 is 6.93. The summed E-state index contributed by atoms with van der Waals surface area (Å²) in [5, 5.41) is 13.3. The third-order valence-corrected chi connectivity index (χ3v) is 6.73. The topological polar surface area (TPSA) is 110 Å². The van der Waals surface area contributed by atoms with E-state index in [2.05, 4.69) is 11.4 Å². The van der Waals surface area contributed by atoms with E-state index < -0.39 is 0 Å². The maximum absolute atomic E-state index is 13.6. The van der Waals surface area contributed by atoms with Crippen molar-refractivity contribution in [1.29, 1.82) is 5.26 Å². The Kier molecular flexibility index (Phi) is 9.03. The van der Waals surface area contributed by atoms with Crippen LogP contribution in [0.3, 0.4) is 0 Å². The number of methoxy groups -OCH3 is 1. The number of aromatic nitrogens is 1. The van der Waals surface area contributed by atoms with Crippen molar-refractivity contribution >= 4 is 28.9 Å². The van der Waals surface area contributed by atoms with Crippen molar-refractivity contribution in [3.05, 3.63) is 99.8 Å². The predicted molar refractivity (Wildman–Crippen MR) is 156 cm³/mol. The number of anilines is 2. The van der Waals surface area contributed by atoms with Crippen LogP contribution < -0.4 is 21.3 Å². The monoisotopic (exact) mass is 540 g/mol. The van der Waals surface area contributed by atoms with Crippen LogP contribution in [0, 0.1) is 11.3 Å². The second-order valence-electron chi connectivity index (χ2n) is 9.07. The molecule has 4 rings (SSSR count). The van der Waals surface area contributed by atoms with Gasteiger partial charge in [0.05, 0.1) is 24.2 Å². The first-order chi connectivity index (χ1) is 18.9. The number of hydrogen-bond acceptors (Lipinski definition) is 5. The number of carbonyl (C=O) groups excluding carboxylic acids is 1. The van der Waals surface area contributed by atoms with E-state index >= 15 is 0 Å². The SMILES string of the molecule is COc1ccc(-c2cc(-c3ccc(Cl)cc3)c(C#N)c(=O)n2CCCCCC(=O)Nc2ccccc2N)cc1. The number of nitrogens with zero attached hydrogens (tertiary/aromatic N) is 2. The Morgan fingerprint density at radius 1 is 1.00 bits per heavy atom. The van der Waals surface area contributed by atoms with Gasteiger partial charge in [0, 0.05) is 23.6 Å². The molecule has 0 fully saturated rings. The summed E-state index contributed by atoms with van der Waals surface area (Å²) in [6.07, 6.45) is 2.38. The second kappa shape index (κ2) is 12.8. The lowest BCUT2D eigenvalue weighted by molar-refractivity contribution is -0.116. The molecule has 1 aromatic heterocycles. The molecule has 0 bridgehead atoms. The maximum Gasteiger partial charge on any atom is 0.269 e. The van der Waals surface area contributed by atoms with Crippen molar-refractivity contribution in [3.63, 3.8) is 0 Å². The first-order valence-corrected chi connectivity index (χ1v) is 13.0. The van der Waals surface area contributed by atoms with Crippen LogP contribution in [-0.2, 0) is 11.3 Å². The zero-order valence-corrected chi connectivity index (χ0v) is 22.4. The van der Waals surface area contributed by atoms with Gasteiger partial charge < -0.3 is 20.4 Å². The lowest BCUT2D eigenvalue weighted by Crippen LogP contribution is -2.25. The molecule has 198 valence electrons. The number of unbranched alkanes of at least 4 members (excludes halogenated alkanes) is 2. The molecule has 1 amide bonds. The molecule has 0 saturated carbocycles. The van der Waals surface area contributed by atoms with Crippen LogP contribution in [0.1, 0.15) is 31.2 Å². The number of amides is 1. The van der Waals surface area contributed by atoms with Gasteiger partial charge in [-0.1, -0.05) is 42.3 Å². The summed E-state index contributed by atoms with van der Waals surface area (Å²) in [5.41, 5.74) is 9.56. The fourth-order valence-electron chi connectivity index (χ4n) is 4.39. The molecule has 0 unspecified atom stereocenters. The first-order valence-electron chi connectivity index (χ1n) is 12.6. The van der Waals surface area contributed by atoms with Gasteiger partial charge in [-0.05, 0) is 78.6 Å². The number of pyridine rings is 1. The number of hydrogen-bond donors (Lipinski definition) is 2. The lowest BCUT2D eigenvalue weighted by Gasteiger charge is -2.17. The number of nitriles is 1. The number of para-hydroxylation sites is 2. The van der Waals surface area contributed by atoms with Crippen LogP contribution in [0.25, 0.3) is 22.4 Å². The Bertz CT molecular complexity index is 1560. The third kappa shape index (κ3) is 6.67. The Morgan fingerprint density at radius 3 is 2.36 bits per heavy atom. The van der Waals surface area contributed by atoms with Gasteiger partial charge in [0.1, 0.15) is 17.4 Å². The molecule has 0 aliphatic carbocycles. The van der Waals surface area contributed by atoms with E-state index in [4.69, 9.17) is 22.1 Å². The molecule has 0 aliphatic heterocycles. The molecule has 3 N–H and O–H groups in total. The zero-order valence-electron chi connectivity index (χ0n) is 21.6. The Hall–Kier alpha value is -4.54. The predicted octanol–water partition coefficient (Wildman–Crippen LogP) is 6.50. The molecule has 7 nitrogen and oxygen atoms in total. The molecule has 0 radical (unpaired) electrons. The normalized spacial score (nSPS) is 10.6. The van der Waals surface area contributed by atoms with E-state index in [1.807, 2.05) is 42.5 Å². The Morgan fingerprint density at radius 2 is 1.69 bits per heavy atom. The van der Waals surface area contributed by atoms with E-state index in [0.29, 0.717) is 59.2 Å². The minimum atomic E-state index is -0.354. The molecule has 0 aliphatic rings. The van der Waals surface area contributed by atoms with Crippen molar-refractivity contribution < 1.29 is 9.53 Å². The van der Waals surface area contributed by atoms with Crippen LogP contribution in [-0.4, -0.2) is 17.6 Å². The van der Waals surface area contributed by atoms with Crippen molar-refractivity contribution in [1.82, 2.24) is 4.57 Å². The van der Waals surface area contributed by atoms with Gasteiger partial charge in [0.15, 0.2) is 0 Å². The van der Waals surface area contributed by atoms with Gasteiger partial charge in [0.25, 0.3) is 5.56 Å². The highest BCUT2D eigenvalue weighted by molar-refractivity contribution is 6.30. The van der Waals surface area contributed by atoms with Gasteiger partial charge in [-0.3, -0.25) is 9.59 Å². The van der Waals surface area contributed by atoms with Crippen LogP contribution in [0.2, 0.25) is 5.02 Å². The fraction of sp³-hybridized carbons (Fsp3) is 0.194. The summed E-state index contributed by atoms with van der Waals surface area (Å²) in [7, 11) is 1.60. The molecule has 1 heterocycles. The summed E-state index contributed by atoms with van der Waals surface area (Å²) in [6.45, 7) is 0.406. The highest BCUT2D eigenvalue weighted by Crippen LogP contribution is 2.30. The molecular weight excluding hydrogens is 512 g/mol. The van der Waals surface area contributed by atoms with Crippen molar-refractivity contribution in [2.45, 2.75) is 32.2 Å². The quantitative estimate of drug-likeness (QED) is 0.176. The molecule has 0 spiro atoms. The number of ether oxygens (including phenoxy) is 1. The Labute approximate surface area is 232 Å². The smallest absolute Gasteiger partial charge is 0.269 e. The fourth-order valence-corrected chi connectivity index (χ4v) is 4.52. The van der Waals surface area contributed by atoms with Crippen LogP contribution >= 0.6 is 11.6 Å². The van der Waals surface area contributed by atoms with E-state index in [9.17, 15) is 14.9 Å². The third-order valence-electron chi connectivity index (χ3n) is 6.47. The first kappa shape index (κ1) is 27.5. The largest absolute Gasteiger partial charge is 0.497 e. The number of nitrogens with one attached hydrogen (secondary N) is 1. The number of nitrogens with two attached hydrogens (primary N) is 1. The van der Waals surface area contributed by atoms with E-state index in [-0.39, 0.29) is 17.0 Å². The summed E-state index contributed by atoms with van der Waals surface area (Å²) in [5.74, 6) is 0.595. The van der Waals surface area contributed by atoms with Gasteiger partial charge in [-0.15, -0.1) is 0 Å². The minimum Gasteiger partial charge on any atom is -0.497 e. The van der Waals surface area contributed by atoms with Crippen molar-refractivity contribution in [3.8, 4) is 34.2 Å². The number of benzene rings is 3. The van der Waals surface area contributed by atoms with Gasteiger partial charge in [-0.25, -0.2) is 0 Å². The minimum absolute atomic E-state index is 0.0782. The maximum atomic E-state index is 13.6. The standard InChI is InChI=1S/C31H29ClN4O3/c1-39-24-16-12-22(13-17-24)29-19-25(21-10-14-23(32)15-11-21)26(20-33)31(38)36(29)18-6-2-3-9-30(37)35-28-8-5-4-7-27(28)34/h4-5,7-8,10-17,19H,2-3,6,9,18,34H2,1H3,(H,35,37). The van der Waals surface area contributed by atoms with Crippen molar-refractivity contribution in [2.24, 2.45) is 0 Å². The second-order valence-corrected chi connectivity index (χ2v) is 9.50. The molecule has 8 heteroatoms. The molecule has 3 aromatic carbocycles. The van der Waals surface area contributed by atoms with Gasteiger partial charge in [-0.2, -0.15) is 5.26 Å². The molecule has 39 heavy (non-hydrogen) atoms. The molecule has 4 aromatic rings. The van der Waals surface area contributed by atoms with E-state index in [1.165, 1.54) is 0 Å². The molecular formula is C31H29ClN4O3. The summed E-state index contributed by atoms with van der Waals surface area (Å²) in [4.78, 5) is 25.9. The van der Waals surface area contributed by atoms with Crippen LogP contribution in [0.15, 0.2) is 83.7 Å². The van der Waals surface area contributed by atoms with Crippen molar-refractivity contribution in [2.75, 3.05) is 18.2 Å². The number of nitrogen functional groups attached to an aromatic ring is 1. The van der Waals surface area contributed by atoms with Crippen LogP contribution in [0.4, 0.5) is 11.4 Å². The van der Waals surface area contributed by atoms with Crippen LogP contribution in [0.5, 0.6) is 5.75 Å². The molecule has 0 atom stereocenters. The average molecular weight is 541 g/mol. The number of rotatable bonds is 10. The highest BCUT2D eigenvalue weighted by Gasteiger charge is 2.17. The highest BCUT2D eigenvalue weighted by atomic mass is 35.5. The Balaban J connectivity index is 1.55. The summed E-state index contributed by atoms with van der Waals surface area (Å²) >= 11 is 6.06. The molecule has 0 saturated heterocycles. The lowest BCUT2D eigenvalue weighted by atomic mass is 9.98. The zero-order chi connectivity index (χ0) is 27.8.